The molecular weight excluding hydrogens is 128 g/mol. The van der Waals surface area contributed by atoms with Crippen molar-refractivity contribution in [3.8, 4) is 0 Å². The molecule has 0 heterocycles. The fraction of sp³-hybridized carbons (Fsp3) is 0.400. The van der Waals surface area contributed by atoms with Gasteiger partial charge in [0.2, 0.25) is 0 Å². The first-order chi connectivity index (χ1) is 3.81. The topological polar surface area (TPSA) is 34.1 Å². The Bertz CT molecular complexity index is 116. The highest BCUT2D eigenvalue weighted by Gasteiger charge is 1.95. The second-order valence-corrected chi connectivity index (χ2v) is 1.76. The van der Waals surface area contributed by atoms with Crippen molar-refractivity contribution in [1.82, 2.24) is 0 Å². The predicted molar refractivity (Wildman–Crippen MR) is 30.6 cm³/mol. The Kier molecular flexibility index (Phi) is 4.23. The van der Waals surface area contributed by atoms with Gasteiger partial charge in [0.1, 0.15) is 12.2 Å². The molecule has 44 valence electrons. The summed E-state index contributed by atoms with van der Waals surface area (Å²) < 4.78 is 0. The molecule has 2 nitrogen and oxygen atoms in total. The van der Waals surface area contributed by atoms with Gasteiger partial charge >= 0.3 is 0 Å². The minimum Gasteiger partial charge on any atom is -0.303 e. The third kappa shape index (κ3) is 3.59. The molecule has 0 aromatic rings. The van der Waals surface area contributed by atoms with E-state index in [1.165, 1.54) is 5.94 Å². The van der Waals surface area contributed by atoms with Crippen LogP contribution in [0.1, 0.15) is 6.42 Å². The summed E-state index contributed by atoms with van der Waals surface area (Å²) in [4.78, 5) is 19.2. The quantitative estimate of drug-likeness (QED) is 0.320. The summed E-state index contributed by atoms with van der Waals surface area (Å²) in [5.41, 5.74) is 0. The summed E-state index contributed by atoms with van der Waals surface area (Å²) in [6, 6.07) is 0. The molecule has 3 heteroatoms. The van der Waals surface area contributed by atoms with Crippen molar-refractivity contribution in [1.29, 1.82) is 0 Å². The molecule has 0 bridgehead atoms. The normalized spacial score (nSPS) is 11.6. The lowest BCUT2D eigenvalue weighted by molar-refractivity contribution is -0.107. The molecule has 8 heavy (non-hydrogen) atoms. The molecule has 0 radical (unpaired) electrons. The molecule has 0 amide bonds. The van der Waals surface area contributed by atoms with E-state index in [1.54, 1.807) is 0 Å². The minimum absolute atomic E-state index is 0.177. The highest BCUT2D eigenvalue weighted by molar-refractivity contribution is 6.22. The zero-order valence-electron chi connectivity index (χ0n) is 4.13. The molecule has 0 aliphatic carbocycles. The van der Waals surface area contributed by atoms with Crippen molar-refractivity contribution >= 4 is 23.8 Å². The number of rotatable bonds is 3. The average Bonchev–Trinajstić information content (AvgIpc) is 1.68. The van der Waals surface area contributed by atoms with Crippen LogP contribution in [0.25, 0.3) is 0 Å². The van der Waals surface area contributed by atoms with E-state index in [2.05, 4.69) is 0 Å². The molecule has 1 unspecified atom stereocenters. The fourth-order valence-corrected chi connectivity index (χ4v) is 0.358. The van der Waals surface area contributed by atoms with Gasteiger partial charge < -0.3 is 4.79 Å². The molecule has 0 saturated heterocycles. The zero-order valence-corrected chi connectivity index (χ0v) is 4.89. The summed E-state index contributed by atoms with van der Waals surface area (Å²) in [5, 5.41) is -0.481. The Morgan fingerprint density at radius 1 is 1.75 bits per heavy atom. The Morgan fingerprint density at radius 3 is 2.75 bits per heavy atom. The van der Waals surface area contributed by atoms with Crippen LogP contribution in [0.4, 0.5) is 0 Å². The molecule has 1 atom stereocenters. The van der Waals surface area contributed by atoms with E-state index in [1.807, 2.05) is 0 Å². The zero-order chi connectivity index (χ0) is 6.41. The van der Waals surface area contributed by atoms with Gasteiger partial charge in [-0.25, -0.2) is 4.79 Å². The van der Waals surface area contributed by atoms with Crippen LogP contribution in [0.5, 0.6) is 0 Å². The maximum absolute atomic E-state index is 9.66. The largest absolute Gasteiger partial charge is 0.303 e. The lowest BCUT2D eigenvalue weighted by Crippen LogP contribution is -1.92. The number of hydrogen-bond acceptors (Lipinski definition) is 2. The van der Waals surface area contributed by atoms with Crippen LogP contribution < -0.4 is 0 Å². The number of halogens is 1. The fourth-order valence-electron chi connectivity index (χ4n) is 0.234. The standard InChI is InChI=1S/C5H5ClO2/c6-5(1-3-7)2-4-8/h1,4-5H,2H2. The van der Waals surface area contributed by atoms with Crippen molar-refractivity contribution in [2.24, 2.45) is 0 Å². The molecule has 0 aliphatic heterocycles. The maximum atomic E-state index is 9.66. The smallest absolute Gasteiger partial charge is 0.121 e. The van der Waals surface area contributed by atoms with Gasteiger partial charge in [0, 0.05) is 12.5 Å². The first kappa shape index (κ1) is 7.41. The lowest BCUT2D eigenvalue weighted by atomic mass is 10.3. The number of aldehydes is 1. The minimum atomic E-state index is -0.481. The van der Waals surface area contributed by atoms with E-state index in [4.69, 9.17) is 11.6 Å². The summed E-state index contributed by atoms with van der Waals surface area (Å²) in [6.45, 7) is 0. The number of hydrogen-bond donors (Lipinski definition) is 0. The molecule has 0 aromatic carbocycles. The predicted octanol–water partition coefficient (Wildman–Crippen LogP) is 0.571. The Labute approximate surface area is 52.1 Å². The molecule has 0 rings (SSSR count). The van der Waals surface area contributed by atoms with Crippen molar-refractivity contribution in [3.63, 3.8) is 0 Å². The second kappa shape index (κ2) is 4.57. The van der Waals surface area contributed by atoms with Gasteiger partial charge in [0.05, 0.1) is 5.38 Å². The van der Waals surface area contributed by atoms with E-state index in [9.17, 15) is 9.59 Å². The Morgan fingerprint density at radius 2 is 2.38 bits per heavy atom. The third-order valence-corrected chi connectivity index (χ3v) is 0.874. The first-order valence-corrected chi connectivity index (χ1v) is 2.53. The van der Waals surface area contributed by atoms with Crippen molar-refractivity contribution < 1.29 is 9.59 Å². The third-order valence-electron chi connectivity index (χ3n) is 0.570. The van der Waals surface area contributed by atoms with Crippen LogP contribution in [0.15, 0.2) is 6.08 Å². The number of carbonyl (C=O) groups excluding carboxylic acids is 2. The van der Waals surface area contributed by atoms with Crippen LogP contribution in [0.2, 0.25) is 0 Å². The van der Waals surface area contributed by atoms with Crippen molar-refractivity contribution in [3.05, 3.63) is 6.08 Å². The summed E-state index contributed by atoms with van der Waals surface area (Å²) in [6.07, 6.45) is 1.94. The molecule has 0 N–H and O–H groups in total. The van der Waals surface area contributed by atoms with Crippen LogP contribution in [-0.4, -0.2) is 17.6 Å². The Hall–Kier alpha value is -0.590. The molecule has 0 aliphatic rings. The molecular formula is C5H5ClO2. The van der Waals surface area contributed by atoms with Crippen LogP contribution in [0, 0.1) is 0 Å². The van der Waals surface area contributed by atoms with Crippen LogP contribution >= 0.6 is 11.6 Å². The highest BCUT2D eigenvalue weighted by Crippen LogP contribution is 1.97. The number of allylic oxidation sites excluding steroid dienone is 1. The van der Waals surface area contributed by atoms with Gasteiger partial charge in [-0.2, -0.15) is 0 Å². The lowest BCUT2D eigenvalue weighted by Gasteiger charge is -1.88. The number of carbonyl (C=O) groups is 1. The van der Waals surface area contributed by atoms with Crippen LogP contribution in [-0.2, 0) is 9.59 Å². The van der Waals surface area contributed by atoms with Gasteiger partial charge in [0.15, 0.2) is 0 Å². The van der Waals surface area contributed by atoms with Gasteiger partial charge in [-0.15, -0.1) is 11.6 Å². The summed E-state index contributed by atoms with van der Waals surface area (Å²) >= 11 is 5.33. The van der Waals surface area contributed by atoms with E-state index >= 15 is 0 Å². The molecule has 0 fully saturated rings. The SMILES string of the molecule is O=C=CC(Cl)CC=O. The molecule has 0 saturated carbocycles. The Balaban J connectivity index is 3.46. The van der Waals surface area contributed by atoms with Crippen molar-refractivity contribution in [2.75, 3.05) is 0 Å². The van der Waals surface area contributed by atoms with Gasteiger partial charge in [0.25, 0.3) is 0 Å². The van der Waals surface area contributed by atoms with Crippen LogP contribution in [0.3, 0.4) is 0 Å². The van der Waals surface area contributed by atoms with Gasteiger partial charge in [-0.05, 0) is 0 Å². The van der Waals surface area contributed by atoms with E-state index in [-0.39, 0.29) is 6.42 Å². The van der Waals surface area contributed by atoms with Gasteiger partial charge in [-0.3, -0.25) is 0 Å². The van der Waals surface area contributed by atoms with E-state index < -0.39 is 5.38 Å². The van der Waals surface area contributed by atoms with Crippen molar-refractivity contribution in [2.45, 2.75) is 11.8 Å². The summed E-state index contributed by atoms with van der Waals surface area (Å²) in [5.74, 6) is 1.49. The monoisotopic (exact) mass is 132 g/mol. The first-order valence-electron chi connectivity index (χ1n) is 2.10. The van der Waals surface area contributed by atoms with Gasteiger partial charge in [-0.1, -0.05) is 0 Å². The summed E-state index contributed by atoms with van der Waals surface area (Å²) in [7, 11) is 0. The second-order valence-electron chi connectivity index (χ2n) is 1.20. The average molecular weight is 133 g/mol. The van der Waals surface area contributed by atoms with E-state index in [0.29, 0.717) is 6.29 Å². The highest BCUT2D eigenvalue weighted by atomic mass is 35.5. The maximum Gasteiger partial charge on any atom is 0.121 e. The molecule has 0 aromatic heterocycles. The molecule has 0 spiro atoms. The van der Waals surface area contributed by atoms with E-state index in [0.717, 1.165) is 6.08 Å². The number of alkyl halides is 1.